The minimum absolute atomic E-state index is 0.772. The molecule has 12 heavy (non-hydrogen) atoms. The summed E-state index contributed by atoms with van der Waals surface area (Å²) in [5.41, 5.74) is 1.61. The number of rotatable bonds is 0. The van der Waals surface area contributed by atoms with Crippen molar-refractivity contribution in [1.29, 1.82) is 0 Å². The van der Waals surface area contributed by atoms with Crippen LogP contribution in [-0.2, 0) is 0 Å². The fourth-order valence-corrected chi connectivity index (χ4v) is 26.9. The first-order valence-corrected chi connectivity index (χ1v) is 11.0. The number of hydrogen-bond acceptors (Lipinski definition) is 0. The van der Waals surface area contributed by atoms with Crippen molar-refractivity contribution in [3.63, 3.8) is 0 Å². The van der Waals surface area contributed by atoms with Crippen LogP contribution in [0, 0.1) is 1.81 Å². The first kappa shape index (κ1) is 10.5. The molecule has 5 heteroatoms. The third-order valence-corrected chi connectivity index (χ3v) is 19.5. The van der Waals surface area contributed by atoms with Crippen LogP contribution in [0.2, 0.25) is 0 Å². The molecule has 0 saturated heterocycles. The van der Waals surface area contributed by atoms with Crippen molar-refractivity contribution >= 4 is 81.2 Å². The van der Waals surface area contributed by atoms with Gasteiger partial charge in [-0.2, -0.15) is 0 Å². The summed E-state index contributed by atoms with van der Waals surface area (Å²) >= 11 is 6.35. The summed E-state index contributed by atoms with van der Waals surface area (Å²) in [7, 11) is 0. The normalized spacial score (nSPS) is 15.0. The monoisotopic (exact) mass is 490 g/mol. The molecule has 0 unspecified atom stereocenters. The van der Waals surface area contributed by atoms with Gasteiger partial charge < -0.3 is 0 Å². The van der Waals surface area contributed by atoms with Crippen LogP contribution in [0.4, 0.5) is 0 Å². The number of hydrogen-bond donors (Lipinski definition) is 0. The van der Waals surface area contributed by atoms with E-state index in [2.05, 4.69) is 29.4 Å². The molecule has 0 amide bonds. The third kappa shape index (κ3) is 2.13. The van der Waals surface area contributed by atoms with E-state index in [4.69, 9.17) is 0 Å². The van der Waals surface area contributed by atoms with Gasteiger partial charge in [0.15, 0.2) is 0 Å². The third-order valence-electron chi connectivity index (χ3n) is 1.30. The van der Waals surface area contributed by atoms with Crippen molar-refractivity contribution in [2.75, 3.05) is 0 Å². The maximum atomic E-state index is 3.25. The molecule has 0 nitrogen and oxygen atoms in total. The molecule has 1 aromatic rings. The molecule has 1 aliphatic rings. The maximum absolute atomic E-state index is 3.25. The standard InChI is InChI=1S/C7H6Se5/c1-3(2)4-9-5-6(10-4)12-7(8)11-5/h1-2H3. The molecule has 1 aromatic heterocycles. The van der Waals surface area contributed by atoms with E-state index in [1.165, 1.54) is 0 Å². The van der Waals surface area contributed by atoms with Crippen molar-refractivity contribution in [2.45, 2.75) is 13.8 Å². The van der Waals surface area contributed by atoms with E-state index in [1.54, 1.807) is 7.38 Å². The van der Waals surface area contributed by atoms with E-state index in [9.17, 15) is 0 Å². The van der Waals surface area contributed by atoms with E-state index >= 15 is 0 Å². The first-order valence-electron chi connectivity index (χ1n) is 3.34. The molecule has 0 aromatic carbocycles. The fraction of sp³-hybridized carbons (Fsp3) is 0.286. The molecule has 1 aliphatic heterocycles. The van der Waals surface area contributed by atoms with E-state index < -0.39 is 0 Å². The van der Waals surface area contributed by atoms with Crippen LogP contribution >= 0.6 is 0 Å². The molecule has 0 N–H and O–H groups in total. The van der Waals surface area contributed by atoms with Gasteiger partial charge in [-0.15, -0.1) is 0 Å². The van der Waals surface area contributed by atoms with E-state index in [0.717, 1.165) is 58.9 Å². The quantitative estimate of drug-likeness (QED) is 0.390. The molecule has 0 atom stereocenters. The zero-order chi connectivity index (χ0) is 8.72. The zero-order valence-corrected chi connectivity index (χ0v) is 15.1. The summed E-state index contributed by atoms with van der Waals surface area (Å²) in [6, 6.07) is 0. The van der Waals surface area contributed by atoms with Crippen LogP contribution in [-0.4, -0.2) is 74.5 Å². The molecule has 0 saturated carbocycles. The van der Waals surface area contributed by atoms with E-state index in [1.807, 2.05) is 10.0 Å². The van der Waals surface area contributed by atoms with Gasteiger partial charge in [0.25, 0.3) is 0 Å². The van der Waals surface area contributed by atoms with Crippen molar-refractivity contribution in [1.82, 2.24) is 0 Å². The Morgan fingerprint density at radius 2 is 1.58 bits per heavy atom. The zero-order valence-electron chi connectivity index (χ0n) is 6.54. The van der Waals surface area contributed by atoms with Crippen molar-refractivity contribution in [2.24, 2.45) is 0 Å². The Morgan fingerprint density at radius 3 is 2.00 bits per heavy atom. The molecule has 0 aliphatic carbocycles. The Hall–Kier alpha value is 1.95. The minimum atomic E-state index is 0.772. The second kappa shape index (κ2) is 4.21. The molecule has 0 bridgehead atoms. The van der Waals surface area contributed by atoms with Crippen LogP contribution in [0.25, 0.3) is 0 Å². The summed E-state index contributed by atoms with van der Waals surface area (Å²) in [5, 5.41) is 0. The van der Waals surface area contributed by atoms with Gasteiger partial charge in [0.05, 0.1) is 0 Å². The van der Waals surface area contributed by atoms with Gasteiger partial charge in [-0.05, 0) is 0 Å². The Kier molecular flexibility index (Phi) is 3.67. The van der Waals surface area contributed by atoms with Crippen molar-refractivity contribution in [3.8, 4) is 0 Å². The Bertz CT molecular complexity index is 362. The Labute approximate surface area is 104 Å². The Balaban J connectivity index is 2.42. The molecular formula is C7H6Se5. The summed E-state index contributed by atoms with van der Waals surface area (Å²) in [6.07, 6.45) is 0. The topological polar surface area (TPSA) is 0 Å². The van der Waals surface area contributed by atoms with Gasteiger partial charge in [-0.25, -0.2) is 0 Å². The molecular weight excluding hydrogens is 479 g/mol. The Morgan fingerprint density at radius 1 is 1.08 bits per heavy atom. The van der Waals surface area contributed by atoms with E-state index in [-0.39, 0.29) is 0 Å². The first-order chi connectivity index (χ1) is 5.66. The van der Waals surface area contributed by atoms with Crippen molar-refractivity contribution in [3.05, 3.63) is 10.8 Å². The van der Waals surface area contributed by atoms with Gasteiger partial charge in [-0.3, -0.25) is 0 Å². The second-order valence-corrected chi connectivity index (χ2v) is 19.8. The second-order valence-electron chi connectivity index (χ2n) is 2.52. The van der Waals surface area contributed by atoms with Crippen LogP contribution in [0.3, 0.4) is 0 Å². The predicted molar refractivity (Wildman–Crippen MR) is 58.5 cm³/mol. The summed E-state index contributed by atoms with van der Waals surface area (Å²) in [5.74, 6) is 0. The number of allylic oxidation sites excluding steroid dienone is 1. The average molecular weight is 485 g/mol. The van der Waals surface area contributed by atoms with Crippen LogP contribution in [0.15, 0.2) is 8.94 Å². The van der Waals surface area contributed by atoms with Crippen LogP contribution in [0.1, 0.15) is 13.8 Å². The predicted octanol–water partition coefficient (Wildman–Crippen LogP) is -1.57. The molecule has 0 radical (unpaired) electrons. The fourth-order valence-electron chi connectivity index (χ4n) is 0.774. The average Bonchev–Trinajstić information content (AvgIpc) is 2.42. The molecule has 0 spiro atoms. The van der Waals surface area contributed by atoms with Crippen molar-refractivity contribution < 1.29 is 0 Å². The van der Waals surface area contributed by atoms with Gasteiger partial charge in [0.1, 0.15) is 0 Å². The number of fused-ring (bicyclic) bond motifs is 1. The molecule has 2 heterocycles. The SMILES string of the molecule is CC(C)=C1[Se]c2[se]c(=[Se])[se]c2[Se]1. The van der Waals surface area contributed by atoms with E-state index in [0.29, 0.717) is 0 Å². The summed E-state index contributed by atoms with van der Waals surface area (Å²) in [4.78, 5) is 0. The molecule has 64 valence electrons. The molecule has 0 fully saturated rings. The van der Waals surface area contributed by atoms with Gasteiger partial charge in [0, 0.05) is 0 Å². The summed E-state index contributed by atoms with van der Waals surface area (Å²) in [6.45, 7) is 4.56. The van der Waals surface area contributed by atoms with Gasteiger partial charge >= 0.3 is 106 Å². The molecule has 2 rings (SSSR count). The van der Waals surface area contributed by atoms with Crippen LogP contribution < -0.4 is 6.67 Å². The van der Waals surface area contributed by atoms with Gasteiger partial charge in [-0.1, -0.05) is 0 Å². The van der Waals surface area contributed by atoms with Gasteiger partial charge in [0.2, 0.25) is 0 Å². The van der Waals surface area contributed by atoms with Crippen LogP contribution in [0.5, 0.6) is 0 Å². The summed E-state index contributed by atoms with van der Waals surface area (Å²) < 4.78 is 7.31.